The van der Waals surface area contributed by atoms with Gasteiger partial charge in [0.1, 0.15) is 0 Å². The number of hydrogen-bond acceptors (Lipinski definition) is 5. The molecule has 0 saturated carbocycles. The van der Waals surface area contributed by atoms with Gasteiger partial charge in [0.15, 0.2) is 11.5 Å². The number of carbonyl (C=O) groups excluding carboxylic acids is 1. The predicted octanol–water partition coefficient (Wildman–Crippen LogP) is 2.75. The molecular formula is C10H7BrN2O2S. The summed E-state index contributed by atoms with van der Waals surface area (Å²) >= 11 is 4.86. The van der Waals surface area contributed by atoms with Crippen molar-refractivity contribution in [2.24, 2.45) is 0 Å². The van der Waals surface area contributed by atoms with Gasteiger partial charge in [0, 0.05) is 16.0 Å². The number of ether oxygens (including phenoxy) is 1. The maximum atomic E-state index is 11.3. The van der Waals surface area contributed by atoms with Crippen molar-refractivity contribution < 1.29 is 9.53 Å². The lowest BCUT2D eigenvalue weighted by molar-refractivity contribution is 0.0594. The van der Waals surface area contributed by atoms with E-state index in [1.54, 1.807) is 6.20 Å². The Morgan fingerprint density at radius 3 is 3.00 bits per heavy atom. The van der Waals surface area contributed by atoms with E-state index in [0.717, 1.165) is 9.35 Å². The molecule has 0 atom stereocenters. The van der Waals surface area contributed by atoms with E-state index in [-0.39, 0.29) is 5.69 Å². The normalized spacial score (nSPS) is 10.1. The second kappa shape index (κ2) is 4.71. The van der Waals surface area contributed by atoms with E-state index in [4.69, 9.17) is 0 Å². The largest absolute Gasteiger partial charge is 0.464 e. The first-order valence-corrected chi connectivity index (χ1v) is 6.04. The number of esters is 1. The maximum Gasteiger partial charge on any atom is 0.356 e. The molecule has 2 aromatic rings. The number of nitrogens with zero attached hydrogens (tertiary/aromatic N) is 2. The summed E-state index contributed by atoms with van der Waals surface area (Å²) in [5.41, 5.74) is 0.261. The Balaban J connectivity index is 2.39. The van der Waals surface area contributed by atoms with E-state index in [0.29, 0.717) is 5.82 Å². The molecule has 0 radical (unpaired) electrons. The van der Waals surface area contributed by atoms with Gasteiger partial charge in [-0.2, -0.15) is 0 Å². The molecule has 82 valence electrons. The summed E-state index contributed by atoms with van der Waals surface area (Å²) in [5.74, 6) is 0.0675. The van der Waals surface area contributed by atoms with Gasteiger partial charge in [-0.3, -0.25) is 0 Å². The summed E-state index contributed by atoms with van der Waals surface area (Å²) in [6.07, 6.45) is 1.54. The zero-order valence-electron chi connectivity index (χ0n) is 8.31. The first kappa shape index (κ1) is 11.2. The third-order valence-corrected chi connectivity index (χ3v) is 3.52. The number of rotatable bonds is 2. The number of thiophene rings is 1. The molecule has 0 aliphatic heterocycles. The predicted molar refractivity (Wildman–Crippen MR) is 64.4 cm³/mol. The fraction of sp³-hybridized carbons (Fsp3) is 0.100. The molecule has 0 aliphatic rings. The highest BCUT2D eigenvalue weighted by Crippen LogP contribution is 2.27. The van der Waals surface area contributed by atoms with E-state index in [1.807, 2.05) is 11.4 Å². The smallest absolute Gasteiger partial charge is 0.356 e. The molecule has 0 N–H and O–H groups in total. The summed E-state index contributed by atoms with van der Waals surface area (Å²) in [6.45, 7) is 0. The molecule has 4 nitrogen and oxygen atoms in total. The van der Waals surface area contributed by atoms with Gasteiger partial charge >= 0.3 is 5.97 Å². The Hall–Kier alpha value is -1.27. The van der Waals surface area contributed by atoms with Crippen LogP contribution in [-0.2, 0) is 4.74 Å². The van der Waals surface area contributed by atoms with Crippen LogP contribution in [0.15, 0.2) is 28.2 Å². The van der Waals surface area contributed by atoms with E-state index in [9.17, 15) is 4.79 Å². The molecule has 6 heteroatoms. The molecule has 0 amide bonds. The van der Waals surface area contributed by atoms with Crippen molar-refractivity contribution in [3.8, 4) is 10.7 Å². The van der Waals surface area contributed by atoms with E-state index in [2.05, 4.69) is 30.6 Å². The zero-order chi connectivity index (χ0) is 11.5. The average molecular weight is 299 g/mol. The highest BCUT2D eigenvalue weighted by atomic mass is 79.9. The second-order valence-electron chi connectivity index (χ2n) is 2.89. The second-order valence-corrected chi connectivity index (χ2v) is 4.71. The lowest BCUT2D eigenvalue weighted by Crippen LogP contribution is -2.05. The van der Waals surface area contributed by atoms with Gasteiger partial charge in [0.25, 0.3) is 0 Å². The van der Waals surface area contributed by atoms with Crippen LogP contribution in [0.5, 0.6) is 0 Å². The van der Waals surface area contributed by atoms with Crippen LogP contribution in [0.25, 0.3) is 10.7 Å². The van der Waals surface area contributed by atoms with E-state index in [1.165, 1.54) is 24.5 Å². The molecule has 0 bridgehead atoms. The molecule has 0 unspecified atom stereocenters. The van der Waals surface area contributed by atoms with Crippen molar-refractivity contribution in [3.63, 3.8) is 0 Å². The third-order valence-electron chi connectivity index (χ3n) is 1.84. The number of methoxy groups -OCH3 is 1. The van der Waals surface area contributed by atoms with Crippen LogP contribution in [-0.4, -0.2) is 23.0 Å². The van der Waals surface area contributed by atoms with Crippen LogP contribution < -0.4 is 0 Å². The Bertz CT molecular complexity index is 527. The Labute approximate surface area is 104 Å². The van der Waals surface area contributed by atoms with Crippen molar-refractivity contribution >= 4 is 33.2 Å². The van der Waals surface area contributed by atoms with Crippen LogP contribution in [0, 0.1) is 0 Å². The topological polar surface area (TPSA) is 52.1 Å². The lowest BCUT2D eigenvalue weighted by atomic mass is 10.4. The van der Waals surface area contributed by atoms with Crippen molar-refractivity contribution in [2.45, 2.75) is 0 Å². The minimum atomic E-state index is -0.459. The zero-order valence-corrected chi connectivity index (χ0v) is 10.7. The highest BCUT2D eigenvalue weighted by Gasteiger charge is 2.10. The molecule has 2 heterocycles. The lowest BCUT2D eigenvalue weighted by Gasteiger charge is -1.99. The standard InChI is InChI=1S/C10H7BrN2O2S/c1-15-10(14)7-2-3-12-9(13-7)8-4-6(11)5-16-8/h2-5H,1H3. The van der Waals surface area contributed by atoms with Crippen molar-refractivity contribution in [3.05, 3.63) is 33.9 Å². The Kier molecular flexibility index (Phi) is 3.31. The number of aromatic nitrogens is 2. The third kappa shape index (κ3) is 2.28. The van der Waals surface area contributed by atoms with Gasteiger partial charge in [-0.25, -0.2) is 14.8 Å². The van der Waals surface area contributed by atoms with Crippen LogP contribution >= 0.6 is 27.3 Å². The molecule has 0 spiro atoms. The molecule has 2 rings (SSSR count). The van der Waals surface area contributed by atoms with Gasteiger partial charge in [-0.1, -0.05) is 0 Å². The molecular weight excluding hydrogens is 292 g/mol. The maximum absolute atomic E-state index is 11.3. The summed E-state index contributed by atoms with van der Waals surface area (Å²) in [6, 6.07) is 3.43. The minimum absolute atomic E-state index is 0.261. The number of hydrogen-bond donors (Lipinski definition) is 0. The van der Waals surface area contributed by atoms with Crippen LogP contribution in [0.4, 0.5) is 0 Å². The number of carbonyl (C=O) groups is 1. The van der Waals surface area contributed by atoms with Crippen molar-refractivity contribution in [1.82, 2.24) is 9.97 Å². The van der Waals surface area contributed by atoms with Gasteiger partial charge in [0.2, 0.25) is 0 Å². The molecule has 0 aliphatic carbocycles. The fourth-order valence-electron chi connectivity index (χ4n) is 1.13. The highest BCUT2D eigenvalue weighted by molar-refractivity contribution is 9.10. The van der Waals surface area contributed by atoms with Gasteiger partial charge in [-0.05, 0) is 28.1 Å². The summed E-state index contributed by atoms with van der Waals surface area (Å²) < 4.78 is 5.57. The summed E-state index contributed by atoms with van der Waals surface area (Å²) in [7, 11) is 1.33. The van der Waals surface area contributed by atoms with Crippen molar-refractivity contribution in [2.75, 3.05) is 7.11 Å². The first-order chi connectivity index (χ1) is 7.70. The van der Waals surface area contributed by atoms with Crippen LogP contribution in [0.1, 0.15) is 10.5 Å². The van der Waals surface area contributed by atoms with Gasteiger partial charge in [0.05, 0.1) is 12.0 Å². The van der Waals surface area contributed by atoms with Gasteiger partial charge < -0.3 is 4.74 Å². The molecule has 0 saturated heterocycles. The SMILES string of the molecule is COC(=O)c1ccnc(-c2cc(Br)cs2)n1. The molecule has 2 aromatic heterocycles. The molecule has 0 aromatic carbocycles. The minimum Gasteiger partial charge on any atom is -0.464 e. The first-order valence-electron chi connectivity index (χ1n) is 4.36. The Morgan fingerprint density at radius 1 is 1.56 bits per heavy atom. The summed E-state index contributed by atoms with van der Waals surface area (Å²) in [5, 5.41) is 1.93. The van der Waals surface area contributed by atoms with Crippen LogP contribution in [0.3, 0.4) is 0 Å². The van der Waals surface area contributed by atoms with Gasteiger partial charge in [-0.15, -0.1) is 11.3 Å². The van der Waals surface area contributed by atoms with E-state index >= 15 is 0 Å². The fourth-order valence-corrected chi connectivity index (χ4v) is 2.49. The van der Waals surface area contributed by atoms with Crippen LogP contribution in [0.2, 0.25) is 0 Å². The molecule has 16 heavy (non-hydrogen) atoms. The Morgan fingerprint density at radius 2 is 2.38 bits per heavy atom. The van der Waals surface area contributed by atoms with Crippen molar-refractivity contribution in [1.29, 1.82) is 0 Å². The number of halogens is 1. The molecule has 0 fully saturated rings. The van der Waals surface area contributed by atoms with E-state index < -0.39 is 5.97 Å². The average Bonchev–Trinajstić information content (AvgIpc) is 2.75. The quantitative estimate of drug-likeness (QED) is 0.800. The monoisotopic (exact) mass is 298 g/mol. The summed E-state index contributed by atoms with van der Waals surface area (Å²) in [4.78, 5) is 20.4.